The van der Waals surface area contributed by atoms with Crippen molar-refractivity contribution in [2.45, 2.75) is 0 Å². The van der Waals surface area contributed by atoms with Crippen LogP contribution in [0.3, 0.4) is 0 Å². The third-order valence-corrected chi connectivity index (χ3v) is 15.7. The molecule has 0 atom stereocenters. The Morgan fingerprint density at radius 2 is 0.741 bits per heavy atom. The summed E-state index contributed by atoms with van der Waals surface area (Å²) in [7, 11) is 0. The lowest BCUT2D eigenvalue weighted by Crippen LogP contribution is -2.30. The highest BCUT2D eigenvalue weighted by atomic mass is 32.1. The molecule has 0 bridgehead atoms. The van der Waals surface area contributed by atoms with Crippen LogP contribution in [0, 0.1) is 5.41 Å². The molecule has 15 rings (SSSR count). The van der Waals surface area contributed by atoms with Crippen molar-refractivity contribution in [2.75, 3.05) is 14.7 Å². The summed E-state index contributed by atoms with van der Waals surface area (Å²) in [5.41, 5.74) is 18.5. The standard InChI is InChI=1S/C72H48N6O2S/c73-71-57(41-44-66(72(71)74-81)75(52-33-27-49(28-34-52)47-15-3-1-4-16-47)53-35-29-50(30-36-53)48-17-5-2-6-18-48)51-31-37-54(38-32-51)76-60-42-39-55(77-62-19-7-11-23-67(62)79-68-24-12-8-20-63(68)77)45-58(60)59-46-56(40-43-61(59)76)78-64-21-9-13-25-69(64)80-70-26-14-10-22-65(70)78/h1-46,73,81H/b73-71?,74-72-. The summed E-state index contributed by atoms with van der Waals surface area (Å²) in [6, 6.07) is 92.7. The van der Waals surface area contributed by atoms with Gasteiger partial charge >= 0.3 is 0 Å². The molecular weight excluding hydrogens is 1010 g/mol. The first-order valence-corrected chi connectivity index (χ1v) is 27.3. The van der Waals surface area contributed by atoms with E-state index in [-0.39, 0.29) is 5.71 Å². The van der Waals surface area contributed by atoms with E-state index in [0.717, 1.165) is 135 Å². The summed E-state index contributed by atoms with van der Waals surface area (Å²) < 4.78 is 19.8. The zero-order chi connectivity index (χ0) is 54.0. The van der Waals surface area contributed by atoms with Crippen molar-refractivity contribution in [2.24, 2.45) is 4.40 Å². The number of hydrogen-bond acceptors (Lipinski definition) is 8. The molecule has 0 spiro atoms. The maximum atomic E-state index is 9.84. The SMILES string of the molecule is N=C1C(c2ccc(-n3c4ccc(N5c6ccccc6Oc6ccccc65)cc4c4cc(N5c6ccccc6Oc6ccccc65)ccc43)cc2)=CC=C(N(c2ccc(-c3ccccc3)cc2)c2ccc(-c3ccccc3)cc2)/C1=N/S. The highest BCUT2D eigenvalue weighted by molar-refractivity contribution is 7.79. The summed E-state index contributed by atoms with van der Waals surface area (Å²) in [6.45, 7) is 0. The minimum atomic E-state index is 0.275. The summed E-state index contributed by atoms with van der Waals surface area (Å²) in [5.74, 6) is 3.19. The Kier molecular flexibility index (Phi) is 11.6. The van der Waals surface area contributed by atoms with Crippen molar-refractivity contribution in [3.63, 3.8) is 0 Å². The summed E-state index contributed by atoms with van der Waals surface area (Å²) in [4.78, 5) is 6.75. The molecule has 11 aromatic carbocycles. The van der Waals surface area contributed by atoms with Crippen LogP contribution < -0.4 is 24.2 Å². The predicted molar refractivity (Wildman–Crippen MR) is 336 cm³/mol. The Morgan fingerprint density at radius 1 is 0.370 bits per heavy atom. The number of allylic oxidation sites excluding steroid dienone is 4. The van der Waals surface area contributed by atoms with Gasteiger partial charge in [-0.2, -0.15) is 0 Å². The molecule has 8 nitrogen and oxygen atoms in total. The first kappa shape index (κ1) is 47.6. The number of fused-ring (bicyclic) bond motifs is 7. The van der Waals surface area contributed by atoms with Gasteiger partial charge in [0.15, 0.2) is 23.0 Å². The maximum Gasteiger partial charge on any atom is 0.151 e. The van der Waals surface area contributed by atoms with E-state index in [1.54, 1.807) is 0 Å². The van der Waals surface area contributed by atoms with Gasteiger partial charge in [0.2, 0.25) is 0 Å². The van der Waals surface area contributed by atoms with Crippen LogP contribution in [0.15, 0.2) is 289 Å². The van der Waals surface area contributed by atoms with E-state index in [4.69, 9.17) is 9.47 Å². The fourth-order valence-corrected chi connectivity index (χ4v) is 11.9. The lowest BCUT2D eigenvalue weighted by atomic mass is 9.91. The molecule has 0 saturated heterocycles. The molecule has 1 N–H and O–H groups in total. The van der Waals surface area contributed by atoms with Crippen LogP contribution in [0.25, 0.3) is 55.3 Å². The molecule has 1 aliphatic carbocycles. The van der Waals surface area contributed by atoms with Gasteiger partial charge in [-0.05, 0) is 174 Å². The molecule has 2 aliphatic heterocycles. The molecule has 1 aromatic heterocycles. The van der Waals surface area contributed by atoms with Crippen LogP contribution in [0.5, 0.6) is 23.0 Å². The van der Waals surface area contributed by atoms with Gasteiger partial charge in [0, 0.05) is 44.8 Å². The molecule has 0 fully saturated rings. The van der Waals surface area contributed by atoms with Crippen LogP contribution in [-0.4, -0.2) is 16.0 Å². The first-order chi connectivity index (χ1) is 40.0. The van der Waals surface area contributed by atoms with Gasteiger partial charge < -0.3 is 28.7 Å². The highest BCUT2D eigenvalue weighted by Crippen LogP contribution is 2.53. The fourth-order valence-electron chi connectivity index (χ4n) is 11.7. The summed E-state index contributed by atoms with van der Waals surface area (Å²) >= 11 is 4.58. The number of rotatable bonds is 9. The van der Waals surface area contributed by atoms with Gasteiger partial charge in [0.1, 0.15) is 5.71 Å². The molecule has 9 heteroatoms. The fraction of sp³-hybridized carbons (Fsp3) is 0. The minimum absolute atomic E-state index is 0.275. The average molecular weight is 1060 g/mol. The van der Waals surface area contributed by atoms with Gasteiger partial charge in [0.25, 0.3) is 0 Å². The van der Waals surface area contributed by atoms with Gasteiger partial charge in [-0.25, -0.2) is 4.40 Å². The molecule has 0 radical (unpaired) electrons. The topological polar surface area (TPSA) is 69.3 Å². The minimum Gasteiger partial charge on any atom is -0.453 e. The molecular formula is C72H48N6O2S. The van der Waals surface area contributed by atoms with E-state index in [1.165, 1.54) is 0 Å². The Bertz CT molecular complexity index is 4220. The molecule has 3 aliphatic rings. The number of benzene rings is 11. The maximum absolute atomic E-state index is 9.84. The second kappa shape index (κ2) is 19.7. The largest absolute Gasteiger partial charge is 0.453 e. The lowest BCUT2D eigenvalue weighted by molar-refractivity contribution is 0.477. The van der Waals surface area contributed by atoms with Crippen LogP contribution in [-0.2, 0) is 0 Å². The number of aromatic nitrogens is 1. The Hall–Kier alpha value is -10.6. The molecule has 3 heterocycles. The van der Waals surface area contributed by atoms with Crippen molar-refractivity contribution in [3.05, 3.63) is 290 Å². The van der Waals surface area contributed by atoms with Gasteiger partial charge in [-0.3, -0.25) is 5.41 Å². The zero-order valence-electron chi connectivity index (χ0n) is 43.6. The third-order valence-electron chi connectivity index (χ3n) is 15.5. The molecule has 0 unspecified atom stereocenters. The number of nitrogens with zero attached hydrogens (tertiary/aromatic N) is 5. The third kappa shape index (κ3) is 8.17. The van der Waals surface area contributed by atoms with E-state index >= 15 is 0 Å². The predicted octanol–water partition coefficient (Wildman–Crippen LogP) is 19.7. The van der Waals surface area contributed by atoms with Crippen LogP contribution in [0.4, 0.5) is 45.5 Å². The zero-order valence-corrected chi connectivity index (χ0v) is 44.5. The van der Waals surface area contributed by atoms with Gasteiger partial charge in [-0.1, -0.05) is 146 Å². The number of thiol groups is 1. The number of para-hydroxylation sites is 8. The van der Waals surface area contributed by atoms with Gasteiger partial charge in [-0.15, -0.1) is 0 Å². The lowest BCUT2D eigenvalue weighted by Gasteiger charge is -2.33. The molecule has 0 saturated carbocycles. The van der Waals surface area contributed by atoms with E-state index in [9.17, 15) is 5.41 Å². The van der Waals surface area contributed by atoms with Crippen LogP contribution in [0.2, 0.25) is 0 Å². The molecule has 81 heavy (non-hydrogen) atoms. The number of ether oxygens (including phenoxy) is 2. The second-order valence-electron chi connectivity index (χ2n) is 20.1. The number of hydrogen-bond donors (Lipinski definition) is 2. The Labute approximate surface area is 474 Å². The normalized spacial score (nSPS) is 13.8. The van der Waals surface area contributed by atoms with Crippen LogP contribution >= 0.6 is 12.8 Å². The Morgan fingerprint density at radius 3 is 1.16 bits per heavy atom. The van der Waals surface area contributed by atoms with Crippen LogP contribution in [0.1, 0.15) is 5.56 Å². The Balaban J connectivity index is 0.841. The van der Waals surface area contributed by atoms with Crippen molar-refractivity contribution in [1.82, 2.24) is 4.57 Å². The number of anilines is 8. The smallest absolute Gasteiger partial charge is 0.151 e. The quantitative estimate of drug-likeness (QED) is 0.111. The first-order valence-electron chi connectivity index (χ1n) is 26.9. The molecule has 384 valence electrons. The highest BCUT2D eigenvalue weighted by Gasteiger charge is 2.31. The molecule has 12 aromatic rings. The summed E-state index contributed by atoms with van der Waals surface area (Å²) in [6.07, 6.45) is 4.09. The monoisotopic (exact) mass is 1060 g/mol. The van der Waals surface area contributed by atoms with Crippen molar-refractivity contribution < 1.29 is 9.47 Å². The van der Waals surface area contributed by atoms with Crippen molar-refractivity contribution >= 4 is 97.1 Å². The average Bonchev–Trinajstić information content (AvgIpc) is 4.13. The van der Waals surface area contributed by atoms with Crippen molar-refractivity contribution in [3.8, 4) is 50.9 Å². The van der Waals surface area contributed by atoms with E-state index < -0.39 is 0 Å². The molecule has 0 amide bonds. The number of nitrogens with one attached hydrogen (secondary N) is 1. The second-order valence-corrected chi connectivity index (χ2v) is 20.3. The summed E-state index contributed by atoms with van der Waals surface area (Å²) in [5, 5.41) is 12.0. The van der Waals surface area contributed by atoms with E-state index in [2.05, 4.69) is 249 Å². The van der Waals surface area contributed by atoms with E-state index in [0.29, 0.717) is 5.71 Å². The van der Waals surface area contributed by atoms with Gasteiger partial charge in [0.05, 0.1) is 45.2 Å². The van der Waals surface area contributed by atoms with Crippen molar-refractivity contribution in [1.29, 1.82) is 5.41 Å². The van der Waals surface area contributed by atoms with E-state index in [1.807, 2.05) is 66.7 Å².